The van der Waals surface area contributed by atoms with Crippen molar-refractivity contribution >= 4 is 34.0 Å². The van der Waals surface area contributed by atoms with Crippen LogP contribution < -0.4 is 11.1 Å². The maximum absolute atomic E-state index is 13.5. The zero-order valence-electron chi connectivity index (χ0n) is 11.2. The quantitative estimate of drug-likeness (QED) is 0.605. The third-order valence-electron chi connectivity index (χ3n) is 3.07. The van der Waals surface area contributed by atoms with E-state index in [0.29, 0.717) is 32.6 Å². The molecule has 2 rings (SSSR count). The molecule has 0 unspecified atom stereocenters. The van der Waals surface area contributed by atoms with Gasteiger partial charge in [0.05, 0.1) is 14.9 Å². The monoisotopic (exact) mass is 388 g/mol. The van der Waals surface area contributed by atoms with Crippen LogP contribution in [0.4, 0.5) is 20.2 Å². The summed E-state index contributed by atoms with van der Waals surface area (Å²) in [5, 5.41) is 3.08. The van der Waals surface area contributed by atoms with Gasteiger partial charge in [0.25, 0.3) is 0 Å². The van der Waals surface area contributed by atoms with E-state index in [1.54, 1.807) is 32.0 Å². The lowest BCUT2D eigenvalue weighted by Crippen LogP contribution is -2.05. The van der Waals surface area contributed by atoms with Crippen LogP contribution in [0.15, 0.2) is 24.3 Å². The van der Waals surface area contributed by atoms with Gasteiger partial charge in [-0.25, -0.2) is 8.78 Å². The summed E-state index contributed by atoms with van der Waals surface area (Å²) in [5.41, 5.74) is 9.01. The van der Waals surface area contributed by atoms with Crippen LogP contribution in [0, 0.1) is 29.1 Å². The van der Waals surface area contributed by atoms with Crippen LogP contribution in [0.1, 0.15) is 16.7 Å². The third kappa shape index (κ3) is 3.20. The molecule has 0 bridgehead atoms. The lowest BCUT2D eigenvalue weighted by molar-refractivity contribution is 0.608. The van der Waals surface area contributed by atoms with Crippen molar-refractivity contribution in [3.8, 4) is 0 Å². The van der Waals surface area contributed by atoms with Crippen molar-refractivity contribution < 1.29 is 8.78 Å². The first-order valence-corrected chi connectivity index (χ1v) is 7.20. The molecular formula is C15H15F2IN2. The minimum atomic E-state index is -0.311. The largest absolute Gasteiger partial charge is 0.397 e. The van der Waals surface area contributed by atoms with Crippen molar-refractivity contribution in [3.05, 3.63) is 56.2 Å². The summed E-state index contributed by atoms with van der Waals surface area (Å²) in [7, 11) is 0. The molecule has 106 valence electrons. The molecule has 0 aliphatic carbocycles. The van der Waals surface area contributed by atoms with Crippen molar-refractivity contribution in [1.82, 2.24) is 0 Å². The Morgan fingerprint density at radius 2 is 1.70 bits per heavy atom. The second kappa shape index (κ2) is 5.95. The first-order chi connectivity index (χ1) is 9.38. The fourth-order valence-corrected chi connectivity index (χ4v) is 2.54. The normalized spacial score (nSPS) is 10.7. The van der Waals surface area contributed by atoms with Gasteiger partial charge in [0.15, 0.2) is 0 Å². The lowest BCUT2D eigenvalue weighted by atomic mass is 10.1. The molecule has 0 radical (unpaired) electrons. The minimum Gasteiger partial charge on any atom is -0.397 e. The van der Waals surface area contributed by atoms with Gasteiger partial charge in [-0.15, -0.1) is 0 Å². The summed E-state index contributed by atoms with van der Waals surface area (Å²) in [5.74, 6) is -0.498. The van der Waals surface area contributed by atoms with E-state index in [1.807, 2.05) is 22.6 Å². The highest BCUT2D eigenvalue weighted by molar-refractivity contribution is 14.1. The lowest BCUT2D eigenvalue weighted by Gasteiger charge is -2.12. The van der Waals surface area contributed by atoms with E-state index in [2.05, 4.69) is 5.32 Å². The highest BCUT2D eigenvalue weighted by Crippen LogP contribution is 2.25. The van der Waals surface area contributed by atoms with Crippen LogP contribution >= 0.6 is 22.6 Å². The molecule has 0 aliphatic heterocycles. The molecule has 0 spiro atoms. The van der Waals surface area contributed by atoms with Crippen LogP contribution in [0.25, 0.3) is 0 Å². The Bertz CT molecular complexity index is 634. The SMILES string of the molecule is Cc1cc(CNc2cc(F)c(I)cc2N)cc(C)c1F. The molecule has 0 fully saturated rings. The molecule has 0 amide bonds. The van der Waals surface area contributed by atoms with Crippen LogP contribution in [0.5, 0.6) is 0 Å². The van der Waals surface area contributed by atoms with Crippen LogP contribution in [-0.2, 0) is 6.54 Å². The molecule has 0 saturated heterocycles. The highest BCUT2D eigenvalue weighted by Gasteiger charge is 2.07. The number of halogens is 3. The molecule has 0 saturated carbocycles. The van der Waals surface area contributed by atoms with Crippen molar-refractivity contribution in [2.75, 3.05) is 11.1 Å². The van der Waals surface area contributed by atoms with Crippen LogP contribution in [-0.4, -0.2) is 0 Å². The number of aryl methyl sites for hydroxylation is 2. The standard InChI is InChI=1S/C15H15F2IN2/c1-8-3-10(4-9(2)15(8)17)7-20-14-5-11(16)12(18)6-13(14)19/h3-6,20H,7,19H2,1-2H3. The molecule has 2 aromatic carbocycles. The fraction of sp³-hybridized carbons (Fsp3) is 0.200. The second-order valence-electron chi connectivity index (χ2n) is 4.75. The Morgan fingerprint density at radius 1 is 1.10 bits per heavy atom. The molecule has 20 heavy (non-hydrogen) atoms. The Kier molecular flexibility index (Phi) is 4.47. The van der Waals surface area contributed by atoms with Crippen molar-refractivity contribution in [3.63, 3.8) is 0 Å². The van der Waals surface area contributed by atoms with Gasteiger partial charge < -0.3 is 11.1 Å². The van der Waals surface area contributed by atoms with E-state index in [-0.39, 0.29) is 11.6 Å². The van der Waals surface area contributed by atoms with E-state index in [0.717, 1.165) is 5.56 Å². The molecule has 0 aromatic heterocycles. The Labute approximate surface area is 130 Å². The fourth-order valence-electron chi connectivity index (χ4n) is 2.05. The van der Waals surface area contributed by atoms with Gasteiger partial charge in [-0.3, -0.25) is 0 Å². The number of nitrogens with two attached hydrogens (primary N) is 1. The maximum atomic E-state index is 13.5. The Hall–Kier alpha value is -1.37. The number of hydrogen-bond donors (Lipinski definition) is 2. The number of benzene rings is 2. The first-order valence-electron chi connectivity index (χ1n) is 6.12. The van der Waals surface area contributed by atoms with Crippen molar-refractivity contribution in [2.45, 2.75) is 20.4 Å². The average molecular weight is 388 g/mol. The number of hydrogen-bond acceptors (Lipinski definition) is 2. The minimum absolute atomic E-state index is 0.187. The molecule has 3 N–H and O–H groups in total. The number of nitrogen functional groups attached to an aromatic ring is 1. The molecule has 0 aliphatic rings. The summed E-state index contributed by atoms with van der Waals surface area (Å²) in [6.07, 6.45) is 0. The van der Waals surface area contributed by atoms with E-state index >= 15 is 0 Å². The summed E-state index contributed by atoms with van der Waals surface area (Å²) in [6, 6.07) is 6.50. The van der Waals surface area contributed by atoms with Crippen LogP contribution in [0.2, 0.25) is 0 Å². The Balaban J connectivity index is 2.19. The van der Waals surface area contributed by atoms with Gasteiger partial charge in [0.2, 0.25) is 0 Å². The maximum Gasteiger partial charge on any atom is 0.138 e. The van der Waals surface area contributed by atoms with E-state index in [1.165, 1.54) is 6.07 Å². The van der Waals surface area contributed by atoms with E-state index in [4.69, 9.17) is 5.73 Å². The second-order valence-corrected chi connectivity index (χ2v) is 5.91. The van der Waals surface area contributed by atoms with Gasteiger partial charge in [0.1, 0.15) is 11.6 Å². The van der Waals surface area contributed by atoms with Gasteiger partial charge >= 0.3 is 0 Å². The Morgan fingerprint density at radius 3 is 2.30 bits per heavy atom. The molecular weight excluding hydrogens is 373 g/mol. The molecule has 0 heterocycles. The van der Waals surface area contributed by atoms with E-state index < -0.39 is 0 Å². The zero-order valence-corrected chi connectivity index (χ0v) is 13.4. The average Bonchev–Trinajstić information content (AvgIpc) is 2.38. The molecule has 2 aromatic rings. The van der Waals surface area contributed by atoms with Gasteiger partial charge in [-0.1, -0.05) is 12.1 Å². The van der Waals surface area contributed by atoms with Crippen molar-refractivity contribution in [2.24, 2.45) is 0 Å². The smallest absolute Gasteiger partial charge is 0.138 e. The third-order valence-corrected chi connectivity index (χ3v) is 3.90. The summed E-state index contributed by atoms with van der Waals surface area (Å²) < 4.78 is 27.5. The molecule has 0 atom stereocenters. The summed E-state index contributed by atoms with van der Waals surface area (Å²) in [4.78, 5) is 0. The van der Waals surface area contributed by atoms with E-state index in [9.17, 15) is 8.78 Å². The predicted molar refractivity (Wildman–Crippen MR) is 86.7 cm³/mol. The summed E-state index contributed by atoms with van der Waals surface area (Å²) >= 11 is 1.89. The van der Waals surface area contributed by atoms with Crippen LogP contribution in [0.3, 0.4) is 0 Å². The van der Waals surface area contributed by atoms with Gasteiger partial charge in [-0.05, 0) is 59.2 Å². The van der Waals surface area contributed by atoms with Gasteiger partial charge in [-0.2, -0.15) is 0 Å². The summed E-state index contributed by atoms with van der Waals surface area (Å²) in [6.45, 7) is 3.92. The first kappa shape index (κ1) is 15.0. The van der Waals surface area contributed by atoms with Gasteiger partial charge in [0, 0.05) is 12.6 Å². The molecule has 5 heteroatoms. The number of nitrogens with one attached hydrogen (secondary N) is 1. The van der Waals surface area contributed by atoms with Crippen molar-refractivity contribution in [1.29, 1.82) is 0 Å². The topological polar surface area (TPSA) is 38.0 Å². The molecule has 2 nitrogen and oxygen atoms in total. The predicted octanol–water partition coefficient (Wildman–Crippen LogP) is 4.38. The number of anilines is 2. The highest BCUT2D eigenvalue weighted by atomic mass is 127. The zero-order chi connectivity index (χ0) is 14.9. The number of rotatable bonds is 3.